The Hall–Kier alpha value is -1.39. The largest absolute Gasteiger partial charge is 0.394 e. The Morgan fingerprint density at radius 1 is 1.47 bits per heavy atom. The first-order chi connectivity index (χ1) is 8.17. The number of imidazole rings is 1. The van der Waals surface area contributed by atoms with Crippen LogP contribution in [0.15, 0.2) is 18.2 Å². The smallest absolute Gasteiger partial charge is 0.106 e. The first-order valence-corrected chi connectivity index (χ1v) is 5.94. The fourth-order valence-electron chi connectivity index (χ4n) is 2.09. The molecule has 4 heteroatoms. The number of benzene rings is 1. The summed E-state index contributed by atoms with van der Waals surface area (Å²) < 4.78 is 2.07. The number of hydrogen-bond acceptors (Lipinski definition) is 3. The molecule has 4 nitrogen and oxygen atoms in total. The van der Waals surface area contributed by atoms with E-state index in [9.17, 15) is 5.11 Å². The van der Waals surface area contributed by atoms with E-state index in [1.807, 2.05) is 33.0 Å². The Bertz CT molecular complexity index is 519. The molecule has 1 atom stereocenters. The number of aromatic nitrogens is 2. The second-order valence-corrected chi connectivity index (χ2v) is 4.26. The number of aliphatic hydroxyl groups is 1. The molecule has 0 fully saturated rings. The van der Waals surface area contributed by atoms with Gasteiger partial charge in [-0.25, -0.2) is 4.98 Å². The quantitative estimate of drug-likeness (QED) is 0.842. The summed E-state index contributed by atoms with van der Waals surface area (Å²) in [6.07, 6.45) is 0. The van der Waals surface area contributed by atoms with Crippen LogP contribution in [0.5, 0.6) is 0 Å². The van der Waals surface area contributed by atoms with Gasteiger partial charge in [0.25, 0.3) is 0 Å². The van der Waals surface area contributed by atoms with Crippen LogP contribution in [-0.2, 0) is 7.05 Å². The fourth-order valence-corrected chi connectivity index (χ4v) is 2.09. The molecule has 0 amide bonds. The van der Waals surface area contributed by atoms with Crippen LogP contribution in [0.4, 0.5) is 0 Å². The van der Waals surface area contributed by atoms with Gasteiger partial charge in [-0.05, 0) is 31.2 Å². The minimum Gasteiger partial charge on any atom is -0.394 e. The van der Waals surface area contributed by atoms with Crippen LogP contribution in [0.25, 0.3) is 11.0 Å². The van der Waals surface area contributed by atoms with Crippen molar-refractivity contribution in [2.24, 2.45) is 7.05 Å². The summed E-state index contributed by atoms with van der Waals surface area (Å²) in [6, 6.07) is 6.15. The van der Waals surface area contributed by atoms with Crippen molar-refractivity contribution in [3.63, 3.8) is 0 Å². The van der Waals surface area contributed by atoms with Gasteiger partial charge in [-0.2, -0.15) is 0 Å². The third-order valence-electron chi connectivity index (χ3n) is 3.16. The molecule has 0 bridgehead atoms. The number of aliphatic hydroxyl groups excluding tert-OH is 1. The molecule has 0 spiro atoms. The zero-order chi connectivity index (χ0) is 12.4. The van der Waals surface area contributed by atoms with Crippen LogP contribution in [0.2, 0.25) is 0 Å². The van der Waals surface area contributed by atoms with E-state index >= 15 is 0 Å². The number of rotatable bonds is 4. The molecular weight excluding hydrogens is 214 g/mol. The van der Waals surface area contributed by atoms with E-state index in [4.69, 9.17) is 0 Å². The number of likely N-dealkylation sites (N-methyl/N-ethyl adjacent to an activating group) is 1. The molecule has 0 aliphatic carbocycles. The first-order valence-electron chi connectivity index (χ1n) is 5.94. The molecule has 2 aromatic rings. The number of hydrogen-bond donors (Lipinski definition) is 2. The predicted octanol–water partition coefficient (Wildman–Crippen LogP) is 1.52. The molecule has 0 aliphatic heterocycles. The summed E-state index contributed by atoms with van der Waals surface area (Å²) in [5, 5.41) is 12.6. The van der Waals surface area contributed by atoms with Gasteiger partial charge in [0.2, 0.25) is 0 Å². The topological polar surface area (TPSA) is 50.1 Å². The molecule has 1 aromatic heterocycles. The zero-order valence-electron chi connectivity index (χ0n) is 10.6. The SMILES string of the molecule is CCNC(CO)c1ccc2c(c1)nc(C)n2C. The minimum atomic E-state index is -0.00767. The Morgan fingerprint density at radius 3 is 2.88 bits per heavy atom. The minimum absolute atomic E-state index is 0.00767. The van der Waals surface area contributed by atoms with E-state index in [2.05, 4.69) is 20.9 Å². The highest BCUT2D eigenvalue weighted by molar-refractivity contribution is 5.76. The predicted molar refractivity (Wildman–Crippen MR) is 69.0 cm³/mol. The van der Waals surface area contributed by atoms with Crippen LogP contribution in [0.3, 0.4) is 0 Å². The average molecular weight is 233 g/mol. The molecule has 17 heavy (non-hydrogen) atoms. The third-order valence-corrected chi connectivity index (χ3v) is 3.16. The van der Waals surface area contributed by atoms with Crippen LogP contribution in [-0.4, -0.2) is 27.8 Å². The summed E-state index contributed by atoms with van der Waals surface area (Å²) in [5.41, 5.74) is 3.19. The Labute approximate surface area is 101 Å². The standard InChI is InChI=1S/C13H19N3O/c1-4-14-12(8-17)10-5-6-13-11(7-10)15-9(2)16(13)3/h5-7,12,14,17H,4,8H2,1-3H3. The normalized spacial score (nSPS) is 13.2. The number of nitrogens with zero attached hydrogens (tertiary/aromatic N) is 2. The summed E-state index contributed by atoms with van der Waals surface area (Å²) in [7, 11) is 2.01. The lowest BCUT2D eigenvalue weighted by atomic mass is 10.1. The molecule has 92 valence electrons. The lowest BCUT2D eigenvalue weighted by Gasteiger charge is -2.15. The van der Waals surface area contributed by atoms with Crippen molar-refractivity contribution in [1.29, 1.82) is 0 Å². The van der Waals surface area contributed by atoms with Gasteiger partial charge in [-0.3, -0.25) is 0 Å². The molecule has 2 N–H and O–H groups in total. The summed E-state index contributed by atoms with van der Waals surface area (Å²) in [5.74, 6) is 1.00. The van der Waals surface area contributed by atoms with E-state index in [0.717, 1.165) is 29.0 Å². The molecule has 1 aromatic carbocycles. The third kappa shape index (κ3) is 2.18. The van der Waals surface area contributed by atoms with Crippen molar-refractivity contribution < 1.29 is 5.11 Å². The highest BCUT2D eigenvalue weighted by Gasteiger charge is 2.11. The average Bonchev–Trinajstić information content (AvgIpc) is 2.61. The Kier molecular flexibility index (Phi) is 3.45. The molecule has 1 heterocycles. The Balaban J connectivity index is 2.43. The molecule has 1 unspecified atom stereocenters. The fraction of sp³-hybridized carbons (Fsp3) is 0.462. The monoisotopic (exact) mass is 233 g/mol. The molecule has 0 saturated carbocycles. The van der Waals surface area contributed by atoms with E-state index in [-0.39, 0.29) is 12.6 Å². The molecular formula is C13H19N3O. The summed E-state index contributed by atoms with van der Waals surface area (Å²) >= 11 is 0. The van der Waals surface area contributed by atoms with E-state index < -0.39 is 0 Å². The van der Waals surface area contributed by atoms with Gasteiger partial charge in [0, 0.05) is 7.05 Å². The van der Waals surface area contributed by atoms with E-state index in [1.165, 1.54) is 0 Å². The van der Waals surface area contributed by atoms with Crippen LogP contribution in [0, 0.1) is 6.92 Å². The molecule has 2 rings (SSSR count). The van der Waals surface area contributed by atoms with Gasteiger partial charge < -0.3 is 15.0 Å². The van der Waals surface area contributed by atoms with E-state index in [0.29, 0.717) is 0 Å². The maximum Gasteiger partial charge on any atom is 0.106 e. The van der Waals surface area contributed by atoms with Gasteiger partial charge in [0.15, 0.2) is 0 Å². The molecule has 0 radical (unpaired) electrons. The van der Waals surface area contributed by atoms with Crippen molar-refractivity contribution in [3.05, 3.63) is 29.6 Å². The van der Waals surface area contributed by atoms with Crippen molar-refractivity contribution in [1.82, 2.24) is 14.9 Å². The van der Waals surface area contributed by atoms with Gasteiger partial charge in [0.1, 0.15) is 5.82 Å². The Morgan fingerprint density at radius 2 is 2.24 bits per heavy atom. The van der Waals surface area contributed by atoms with Crippen LogP contribution in [0.1, 0.15) is 24.4 Å². The maximum absolute atomic E-state index is 9.35. The lowest BCUT2D eigenvalue weighted by molar-refractivity contribution is 0.246. The second kappa shape index (κ2) is 4.85. The second-order valence-electron chi connectivity index (χ2n) is 4.26. The highest BCUT2D eigenvalue weighted by Crippen LogP contribution is 2.20. The summed E-state index contributed by atoms with van der Waals surface area (Å²) in [6.45, 7) is 4.97. The van der Waals surface area contributed by atoms with Crippen molar-refractivity contribution >= 4 is 11.0 Å². The van der Waals surface area contributed by atoms with Crippen LogP contribution < -0.4 is 5.32 Å². The van der Waals surface area contributed by atoms with Gasteiger partial charge in [-0.15, -0.1) is 0 Å². The zero-order valence-corrected chi connectivity index (χ0v) is 10.6. The number of nitrogens with one attached hydrogen (secondary N) is 1. The van der Waals surface area contributed by atoms with Gasteiger partial charge >= 0.3 is 0 Å². The van der Waals surface area contributed by atoms with E-state index in [1.54, 1.807) is 0 Å². The maximum atomic E-state index is 9.35. The molecule has 0 saturated heterocycles. The number of fused-ring (bicyclic) bond motifs is 1. The van der Waals surface area contributed by atoms with Crippen LogP contribution >= 0.6 is 0 Å². The van der Waals surface area contributed by atoms with Gasteiger partial charge in [0.05, 0.1) is 23.7 Å². The first kappa shape index (κ1) is 12.1. The highest BCUT2D eigenvalue weighted by atomic mass is 16.3. The van der Waals surface area contributed by atoms with Gasteiger partial charge in [-0.1, -0.05) is 13.0 Å². The van der Waals surface area contributed by atoms with Crippen molar-refractivity contribution in [3.8, 4) is 0 Å². The van der Waals surface area contributed by atoms with Crippen molar-refractivity contribution in [2.75, 3.05) is 13.2 Å². The summed E-state index contributed by atoms with van der Waals surface area (Å²) in [4.78, 5) is 4.50. The number of aryl methyl sites for hydroxylation is 2. The molecule has 0 aliphatic rings. The van der Waals surface area contributed by atoms with Crippen molar-refractivity contribution in [2.45, 2.75) is 19.9 Å². The lowest BCUT2D eigenvalue weighted by Crippen LogP contribution is -2.23.